The fourth-order valence-electron chi connectivity index (χ4n) is 2.93. The van der Waals surface area contributed by atoms with Crippen LogP contribution in [-0.2, 0) is 0 Å². The van der Waals surface area contributed by atoms with E-state index in [0.29, 0.717) is 16.5 Å². The van der Waals surface area contributed by atoms with Gasteiger partial charge in [0.1, 0.15) is 0 Å². The SMILES string of the molecule is Cc1ccc(Cl)c(C(=O)N2CCC(c3ccc(Cl)cc3)C2)c1. The summed E-state index contributed by atoms with van der Waals surface area (Å²) in [6.07, 6.45) is 0.969. The Hall–Kier alpha value is -1.51. The monoisotopic (exact) mass is 333 g/mol. The van der Waals surface area contributed by atoms with Crippen LogP contribution in [0.1, 0.15) is 33.8 Å². The van der Waals surface area contributed by atoms with Gasteiger partial charge in [-0.15, -0.1) is 0 Å². The molecule has 1 unspecified atom stereocenters. The average Bonchev–Trinajstić information content (AvgIpc) is 2.99. The van der Waals surface area contributed by atoms with E-state index < -0.39 is 0 Å². The quantitative estimate of drug-likeness (QED) is 0.762. The zero-order valence-corrected chi connectivity index (χ0v) is 13.9. The molecule has 1 atom stereocenters. The molecule has 1 saturated heterocycles. The van der Waals surface area contributed by atoms with E-state index in [4.69, 9.17) is 23.2 Å². The van der Waals surface area contributed by atoms with Crippen LogP contribution < -0.4 is 0 Å². The molecule has 1 fully saturated rings. The van der Waals surface area contributed by atoms with Gasteiger partial charge >= 0.3 is 0 Å². The zero-order valence-electron chi connectivity index (χ0n) is 12.4. The highest BCUT2D eigenvalue weighted by atomic mass is 35.5. The first-order chi connectivity index (χ1) is 10.5. The number of amides is 1. The van der Waals surface area contributed by atoms with E-state index in [1.54, 1.807) is 6.07 Å². The van der Waals surface area contributed by atoms with E-state index in [9.17, 15) is 4.79 Å². The lowest BCUT2D eigenvalue weighted by molar-refractivity contribution is 0.0791. The molecule has 1 aliphatic rings. The van der Waals surface area contributed by atoms with Crippen LogP contribution in [0.3, 0.4) is 0 Å². The molecule has 2 aromatic carbocycles. The summed E-state index contributed by atoms with van der Waals surface area (Å²) >= 11 is 12.1. The van der Waals surface area contributed by atoms with Gasteiger partial charge in [0.15, 0.2) is 0 Å². The fraction of sp³-hybridized carbons (Fsp3) is 0.278. The molecule has 1 aliphatic heterocycles. The Morgan fingerprint density at radius 1 is 1.14 bits per heavy atom. The van der Waals surface area contributed by atoms with E-state index in [2.05, 4.69) is 0 Å². The summed E-state index contributed by atoms with van der Waals surface area (Å²) in [6, 6.07) is 13.5. The number of halogens is 2. The van der Waals surface area contributed by atoms with Gasteiger partial charge in [-0.1, -0.05) is 47.0 Å². The minimum atomic E-state index is 0.0187. The Bertz CT molecular complexity index is 697. The van der Waals surface area contributed by atoms with Gasteiger partial charge in [-0.25, -0.2) is 0 Å². The molecule has 114 valence electrons. The Labute approximate surface area is 140 Å². The Morgan fingerprint density at radius 3 is 2.59 bits per heavy atom. The highest BCUT2D eigenvalue weighted by Gasteiger charge is 2.28. The van der Waals surface area contributed by atoms with E-state index in [-0.39, 0.29) is 5.91 Å². The van der Waals surface area contributed by atoms with Crippen molar-refractivity contribution in [2.24, 2.45) is 0 Å². The van der Waals surface area contributed by atoms with Crippen LogP contribution in [0.25, 0.3) is 0 Å². The number of carbonyl (C=O) groups excluding carboxylic acids is 1. The molecule has 1 heterocycles. The normalized spacial score (nSPS) is 17.8. The molecule has 0 radical (unpaired) electrons. The maximum absolute atomic E-state index is 12.7. The van der Waals surface area contributed by atoms with Crippen molar-refractivity contribution in [1.29, 1.82) is 0 Å². The third-order valence-electron chi connectivity index (χ3n) is 4.17. The molecule has 1 amide bonds. The van der Waals surface area contributed by atoms with Crippen molar-refractivity contribution in [3.05, 3.63) is 69.2 Å². The fourth-order valence-corrected chi connectivity index (χ4v) is 3.25. The zero-order chi connectivity index (χ0) is 15.7. The largest absolute Gasteiger partial charge is 0.338 e. The number of rotatable bonds is 2. The summed E-state index contributed by atoms with van der Waals surface area (Å²) in [5.41, 5.74) is 2.87. The van der Waals surface area contributed by atoms with Gasteiger partial charge in [0.25, 0.3) is 5.91 Å². The number of hydrogen-bond donors (Lipinski definition) is 0. The highest BCUT2D eigenvalue weighted by Crippen LogP contribution is 2.30. The molecule has 0 aliphatic carbocycles. The van der Waals surface area contributed by atoms with Crippen molar-refractivity contribution < 1.29 is 4.79 Å². The maximum atomic E-state index is 12.7. The standard InChI is InChI=1S/C18H17Cl2NO/c1-12-2-7-17(20)16(10-12)18(22)21-9-8-14(11-21)13-3-5-15(19)6-4-13/h2-7,10,14H,8-9,11H2,1H3. The second kappa shape index (κ2) is 6.31. The number of nitrogens with zero attached hydrogens (tertiary/aromatic N) is 1. The van der Waals surface area contributed by atoms with Crippen molar-refractivity contribution in [2.75, 3.05) is 13.1 Å². The third-order valence-corrected chi connectivity index (χ3v) is 4.75. The van der Waals surface area contributed by atoms with E-state index >= 15 is 0 Å². The first-order valence-electron chi connectivity index (χ1n) is 7.35. The second-order valence-electron chi connectivity index (χ2n) is 5.77. The average molecular weight is 334 g/mol. The second-order valence-corrected chi connectivity index (χ2v) is 6.62. The predicted octanol–water partition coefficient (Wildman–Crippen LogP) is 4.93. The topological polar surface area (TPSA) is 20.3 Å². The molecule has 0 aromatic heterocycles. The summed E-state index contributed by atoms with van der Waals surface area (Å²) in [7, 11) is 0. The Balaban J connectivity index is 1.76. The van der Waals surface area contributed by atoms with Crippen LogP contribution in [0.15, 0.2) is 42.5 Å². The van der Waals surface area contributed by atoms with Crippen LogP contribution in [-0.4, -0.2) is 23.9 Å². The molecular weight excluding hydrogens is 317 g/mol. The summed E-state index contributed by atoms with van der Waals surface area (Å²) in [6.45, 7) is 3.45. The summed E-state index contributed by atoms with van der Waals surface area (Å²) in [5, 5.41) is 1.26. The molecule has 2 nitrogen and oxygen atoms in total. The van der Waals surface area contributed by atoms with Gasteiger partial charge < -0.3 is 4.90 Å². The molecule has 0 saturated carbocycles. The minimum Gasteiger partial charge on any atom is -0.338 e. The summed E-state index contributed by atoms with van der Waals surface area (Å²) < 4.78 is 0. The number of hydrogen-bond acceptors (Lipinski definition) is 1. The lowest BCUT2D eigenvalue weighted by Crippen LogP contribution is -2.28. The molecule has 0 N–H and O–H groups in total. The molecule has 3 rings (SSSR count). The first kappa shape index (κ1) is 15.4. The van der Waals surface area contributed by atoms with E-state index in [1.165, 1.54) is 5.56 Å². The smallest absolute Gasteiger partial charge is 0.255 e. The molecule has 0 bridgehead atoms. The van der Waals surface area contributed by atoms with Crippen LogP contribution in [0.5, 0.6) is 0 Å². The maximum Gasteiger partial charge on any atom is 0.255 e. The van der Waals surface area contributed by atoms with Gasteiger partial charge in [-0.3, -0.25) is 4.79 Å². The van der Waals surface area contributed by atoms with Crippen molar-refractivity contribution in [1.82, 2.24) is 4.90 Å². The predicted molar refractivity (Wildman–Crippen MR) is 90.9 cm³/mol. The van der Waals surface area contributed by atoms with E-state index in [1.807, 2.05) is 48.2 Å². The van der Waals surface area contributed by atoms with Crippen molar-refractivity contribution in [3.63, 3.8) is 0 Å². The Kier molecular flexibility index (Phi) is 4.42. The summed E-state index contributed by atoms with van der Waals surface area (Å²) in [5.74, 6) is 0.384. The number of carbonyl (C=O) groups is 1. The van der Waals surface area contributed by atoms with Crippen molar-refractivity contribution in [2.45, 2.75) is 19.3 Å². The van der Waals surface area contributed by atoms with Crippen LogP contribution in [0.4, 0.5) is 0 Å². The molecular formula is C18H17Cl2NO. The van der Waals surface area contributed by atoms with Crippen LogP contribution in [0.2, 0.25) is 10.0 Å². The van der Waals surface area contributed by atoms with Gasteiger partial charge in [-0.2, -0.15) is 0 Å². The molecule has 2 aromatic rings. The van der Waals surface area contributed by atoms with Gasteiger partial charge in [-0.05, 0) is 43.2 Å². The lowest BCUT2D eigenvalue weighted by Gasteiger charge is -2.18. The summed E-state index contributed by atoms with van der Waals surface area (Å²) in [4.78, 5) is 14.6. The van der Waals surface area contributed by atoms with Crippen LogP contribution in [0, 0.1) is 6.92 Å². The van der Waals surface area contributed by atoms with Gasteiger partial charge in [0, 0.05) is 24.0 Å². The van der Waals surface area contributed by atoms with Crippen molar-refractivity contribution >= 4 is 29.1 Å². The molecule has 0 spiro atoms. The van der Waals surface area contributed by atoms with Crippen LogP contribution >= 0.6 is 23.2 Å². The number of benzene rings is 2. The third kappa shape index (κ3) is 3.13. The van der Waals surface area contributed by atoms with E-state index in [0.717, 1.165) is 30.1 Å². The highest BCUT2D eigenvalue weighted by molar-refractivity contribution is 6.33. The lowest BCUT2D eigenvalue weighted by atomic mass is 9.99. The first-order valence-corrected chi connectivity index (χ1v) is 8.11. The van der Waals surface area contributed by atoms with Crippen molar-refractivity contribution in [3.8, 4) is 0 Å². The van der Waals surface area contributed by atoms with Gasteiger partial charge in [0.2, 0.25) is 0 Å². The number of aryl methyl sites for hydroxylation is 1. The Morgan fingerprint density at radius 2 is 1.86 bits per heavy atom. The number of likely N-dealkylation sites (tertiary alicyclic amines) is 1. The minimum absolute atomic E-state index is 0.0187. The van der Waals surface area contributed by atoms with Gasteiger partial charge in [0.05, 0.1) is 10.6 Å². The molecule has 4 heteroatoms. The molecule has 22 heavy (non-hydrogen) atoms.